The van der Waals surface area contributed by atoms with E-state index in [0.29, 0.717) is 6.42 Å². The third-order valence-corrected chi connectivity index (χ3v) is 4.12. The number of Topliss-reactive ketones (excluding diaryl/α,β-unsaturated/α-hetero) is 1. The largest absolute Gasteiger partial charge is 0.304 e. The number of nitrogens with zero attached hydrogens (tertiary/aromatic N) is 2. The molecule has 0 aromatic heterocycles. The summed E-state index contributed by atoms with van der Waals surface area (Å²) in [5, 5.41) is 0. The summed E-state index contributed by atoms with van der Waals surface area (Å²) in [4.78, 5) is 16.8. The molecule has 0 radical (unpaired) electrons. The Hall–Kier alpha value is -0.710. The highest BCUT2D eigenvalue weighted by molar-refractivity contribution is 9.10. The smallest absolute Gasteiger partial charge is 0.165 e. The lowest BCUT2D eigenvalue weighted by atomic mass is 10.1. The Morgan fingerprint density at radius 2 is 1.89 bits per heavy atom. The molecule has 18 heavy (non-hydrogen) atoms. The molecular formula is C14H19BrN2O. The molecule has 1 heterocycles. The minimum absolute atomic E-state index is 0.224. The van der Waals surface area contributed by atoms with Gasteiger partial charge in [-0.2, -0.15) is 0 Å². The van der Waals surface area contributed by atoms with Crippen LogP contribution in [0.5, 0.6) is 0 Å². The first kappa shape index (κ1) is 13.7. The SMILES string of the molecule is CN1CCN(CCC(=O)c2ccccc2Br)CC1. The van der Waals surface area contributed by atoms with Gasteiger partial charge in [-0.05, 0) is 13.1 Å². The summed E-state index contributed by atoms with van der Waals surface area (Å²) in [6.45, 7) is 5.21. The van der Waals surface area contributed by atoms with Crippen LogP contribution >= 0.6 is 15.9 Å². The van der Waals surface area contributed by atoms with Crippen LogP contribution in [0, 0.1) is 0 Å². The van der Waals surface area contributed by atoms with Gasteiger partial charge in [0.15, 0.2) is 5.78 Å². The van der Waals surface area contributed by atoms with Gasteiger partial charge in [-0.1, -0.05) is 34.1 Å². The van der Waals surface area contributed by atoms with E-state index in [1.165, 1.54) is 0 Å². The number of carbonyl (C=O) groups is 1. The molecule has 0 spiro atoms. The minimum Gasteiger partial charge on any atom is -0.304 e. The van der Waals surface area contributed by atoms with E-state index in [-0.39, 0.29) is 5.78 Å². The Morgan fingerprint density at radius 3 is 2.56 bits per heavy atom. The summed E-state index contributed by atoms with van der Waals surface area (Å²) in [5.41, 5.74) is 0.798. The second-order valence-electron chi connectivity index (χ2n) is 4.80. The van der Waals surface area contributed by atoms with Crippen molar-refractivity contribution in [2.45, 2.75) is 6.42 Å². The number of ketones is 1. The van der Waals surface area contributed by atoms with Gasteiger partial charge >= 0.3 is 0 Å². The maximum Gasteiger partial charge on any atom is 0.165 e. The van der Waals surface area contributed by atoms with Crippen molar-refractivity contribution >= 4 is 21.7 Å². The van der Waals surface area contributed by atoms with E-state index < -0.39 is 0 Å². The molecule has 1 aromatic rings. The summed E-state index contributed by atoms with van der Waals surface area (Å²) >= 11 is 3.43. The fraction of sp³-hybridized carbons (Fsp3) is 0.500. The highest BCUT2D eigenvalue weighted by Gasteiger charge is 2.16. The molecule has 1 aliphatic heterocycles. The average Bonchev–Trinajstić information content (AvgIpc) is 2.38. The third-order valence-electron chi connectivity index (χ3n) is 3.43. The van der Waals surface area contributed by atoms with Gasteiger partial charge in [0.1, 0.15) is 0 Å². The van der Waals surface area contributed by atoms with E-state index in [1.54, 1.807) is 0 Å². The molecule has 3 nitrogen and oxygen atoms in total. The zero-order chi connectivity index (χ0) is 13.0. The summed E-state index contributed by atoms with van der Waals surface area (Å²) in [6.07, 6.45) is 0.603. The molecule has 1 aliphatic rings. The molecule has 1 fully saturated rings. The van der Waals surface area contributed by atoms with Crippen LogP contribution in [0.25, 0.3) is 0 Å². The number of piperazine rings is 1. The van der Waals surface area contributed by atoms with E-state index >= 15 is 0 Å². The maximum absolute atomic E-state index is 12.1. The van der Waals surface area contributed by atoms with Crippen LogP contribution in [-0.4, -0.2) is 55.4 Å². The molecule has 2 rings (SSSR count). The van der Waals surface area contributed by atoms with Crippen LogP contribution in [-0.2, 0) is 0 Å². The standard InChI is InChI=1S/C14H19BrN2O/c1-16-8-10-17(11-9-16)7-6-14(18)12-4-2-3-5-13(12)15/h2-5H,6-11H2,1H3. The second kappa shape index (κ2) is 6.45. The van der Waals surface area contributed by atoms with Crippen LogP contribution < -0.4 is 0 Å². The van der Waals surface area contributed by atoms with E-state index in [2.05, 4.69) is 32.8 Å². The van der Waals surface area contributed by atoms with Crippen LogP contribution in [0.2, 0.25) is 0 Å². The van der Waals surface area contributed by atoms with Gasteiger partial charge in [-0.15, -0.1) is 0 Å². The monoisotopic (exact) mass is 310 g/mol. The number of hydrogen-bond acceptors (Lipinski definition) is 3. The van der Waals surface area contributed by atoms with Crippen LogP contribution in [0.15, 0.2) is 28.7 Å². The predicted octanol–water partition coefficient (Wildman–Crippen LogP) is 2.27. The van der Waals surface area contributed by atoms with Crippen molar-refractivity contribution in [3.05, 3.63) is 34.3 Å². The molecule has 0 N–H and O–H groups in total. The van der Waals surface area contributed by atoms with Gasteiger partial charge < -0.3 is 9.80 Å². The first-order chi connectivity index (χ1) is 8.66. The third kappa shape index (κ3) is 3.64. The van der Waals surface area contributed by atoms with Crippen molar-refractivity contribution in [2.75, 3.05) is 39.8 Å². The number of benzene rings is 1. The van der Waals surface area contributed by atoms with E-state index in [0.717, 1.165) is 42.8 Å². The zero-order valence-corrected chi connectivity index (χ0v) is 12.3. The van der Waals surface area contributed by atoms with Crippen molar-refractivity contribution in [1.82, 2.24) is 9.80 Å². The first-order valence-electron chi connectivity index (χ1n) is 6.35. The van der Waals surface area contributed by atoms with E-state index in [1.807, 2.05) is 24.3 Å². The lowest BCUT2D eigenvalue weighted by molar-refractivity contribution is 0.0941. The highest BCUT2D eigenvalue weighted by atomic mass is 79.9. The number of carbonyl (C=O) groups excluding carboxylic acids is 1. The van der Waals surface area contributed by atoms with Gasteiger partial charge in [0.2, 0.25) is 0 Å². The lowest BCUT2D eigenvalue weighted by Crippen LogP contribution is -2.45. The molecule has 0 saturated carbocycles. The molecule has 1 aromatic carbocycles. The molecular weight excluding hydrogens is 292 g/mol. The Bertz CT molecular complexity index is 414. The zero-order valence-electron chi connectivity index (χ0n) is 10.7. The Kier molecular flexibility index (Phi) is 4.92. The normalized spacial score (nSPS) is 17.9. The average molecular weight is 311 g/mol. The molecule has 4 heteroatoms. The molecule has 0 aliphatic carbocycles. The lowest BCUT2D eigenvalue weighted by Gasteiger charge is -2.32. The summed E-state index contributed by atoms with van der Waals surface area (Å²) < 4.78 is 0.897. The van der Waals surface area contributed by atoms with Crippen molar-refractivity contribution in [3.8, 4) is 0 Å². The Morgan fingerprint density at radius 1 is 1.22 bits per heavy atom. The van der Waals surface area contributed by atoms with E-state index in [9.17, 15) is 4.79 Å². The number of hydrogen-bond donors (Lipinski definition) is 0. The van der Waals surface area contributed by atoms with Crippen molar-refractivity contribution in [2.24, 2.45) is 0 Å². The summed E-state index contributed by atoms with van der Waals surface area (Å²) in [6, 6.07) is 7.65. The van der Waals surface area contributed by atoms with Crippen molar-refractivity contribution < 1.29 is 4.79 Å². The summed E-state index contributed by atoms with van der Waals surface area (Å²) in [7, 11) is 2.14. The topological polar surface area (TPSA) is 23.6 Å². The van der Waals surface area contributed by atoms with Crippen LogP contribution in [0.3, 0.4) is 0 Å². The number of likely N-dealkylation sites (N-methyl/N-ethyl adjacent to an activating group) is 1. The maximum atomic E-state index is 12.1. The quantitative estimate of drug-likeness (QED) is 0.797. The molecule has 0 bridgehead atoms. The van der Waals surface area contributed by atoms with Gasteiger partial charge in [0.05, 0.1) is 0 Å². The molecule has 1 saturated heterocycles. The van der Waals surface area contributed by atoms with Gasteiger partial charge in [0, 0.05) is 49.2 Å². The second-order valence-corrected chi connectivity index (χ2v) is 5.65. The van der Waals surface area contributed by atoms with Crippen LogP contribution in [0.4, 0.5) is 0 Å². The van der Waals surface area contributed by atoms with Crippen molar-refractivity contribution in [1.29, 1.82) is 0 Å². The highest BCUT2D eigenvalue weighted by Crippen LogP contribution is 2.17. The Balaban J connectivity index is 1.84. The first-order valence-corrected chi connectivity index (χ1v) is 7.15. The Labute approximate surface area is 117 Å². The summed E-state index contributed by atoms with van der Waals surface area (Å²) in [5.74, 6) is 0.224. The van der Waals surface area contributed by atoms with Crippen molar-refractivity contribution in [3.63, 3.8) is 0 Å². The number of rotatable bonds is 4. The molecule has 98 valence electrons. The fourth-order valence-corrected chi connectivity index (χ4v) is 2.66. The minimum atomic E-state index is 0.224. The van der Waals surface area contributed by atoms with Gasteiger partial charge in [-0.3, -0.25) is 4.79 Å². The van der Waals surface area contributed by atoms with E-state index in [4.69, 9.17) is 0 Å². The predicted molar refractivity (Wildman–Crippen MR) is 77.0 cm³/mol. The van der Waals surface area contributed by atoms with Gasteiger partial charge in [-0.25, -0.2) is 0 Å². The van der Waals surface area contributed by atoms with Crippen LogP contribution in [0.1, 0.15) is 16.8 Å². The van der Waals surface area contributed by atoms with Gasteiger partial charge in [0.25, 0.3) is 0 Å². The molecule has 0 amide bonds. The number of halogens is 1. The molecule has 0 atom stereocenters. The fourth-order valence-electron chi connectivity index (χ4n) is 2.15. The molecule has 0 unspecified atom stereocenters.